The molecule has 0 bridgehead atoms. The van der Waals surface area contributed by atoms with E-state index >= 15 is 0 Å². The van der Waals surface area contributed by atoms with Crippen LogP contribution in [0.4, 0.5) is 4.79 Å². The summed E-state index contributed by atoms with van der Waals surface area (Å²) < 4.78 is 0. The predicted octanol–water partition coefficient (Wildman–Crippen LogP) is 0.0675. The average Bonchev–Trinajstić information content (AvgIpc) is 2.65. The number of aromatic nitrogens is 4. The van der Waals surface area contributed by atoms with Crippen LogP contribution in [0.25, 0.3) is 0 Å². The fourth-order valence-electron chi connectivity index (χ4n) is 1.79. The van der Waals surface area contributed by atoms with Gasteiger partial charge in [-0.05, 0) is 18.1 Å². The second kappa shape index (κ2) is 3.84. The van der Waals surface area contributed by atoms with E-state index in [9.17, 15) is 4.79 Å². The van der Waals surface area contributed by atoms with Crippen molar-refractivity contribution >= 4 is 6.09 Å². The lowest BCUT2D eigenvalue weighted by Gasteiger charge is -2.28. The molecule has 1 aliphatic heterocycles. The molecule has 1 fully saturated rings. The van der Waals surface area contributed by atoms with Crippen molar-refractivity contribution in [2.24, 2.45) is 7.05 Å². The summed E-state index contributed by atoms with van der Waals surface area (Å²) in [5.41, 5.74) is 0. The molecule has 1 N–H and O–H groups in total. The van der Waals surface area contributed by atoms with E-state index in [1.54, 1.807) is 7.05 Å². The van der Waals surface area contributed by atoms with Crippen LogP contribution < -0.4 is 0 Å². The van der Waals surface area contributed by atoms with E-state index in [2.05, 4.69) is 15.4 Å². The number of amides is 1. The van der Waals surface area contributed by atoms with Crippen molar-refractivity contribution in [1.82, 2.24) is 25.1 Å². The molecule has 0 spiro atoms. The fraction of sp³-hybridized carbons (Fsp3) is 0.750. The molecule has 1 aliphatic rings. The van der Waals surface area contributed by atoms with Gasteiger partial charge in [0.2, 0.25) is 0 Å². The zero-order chi connectivity index (χ0) is 10.8. The largest absolute Gasteiger partial charge is 0.465 e. The van der Waals surface area contributed by atoms with Gasteiger partial charge in [-0.1, -0.05) is 0 Å². The second-order valence-corrected chi connectivity index (χ2v) is 3.68. The Hall–Kier alpha value is -1.66. The number of hydrogen-bond acceptors (Lipinski definition) is 4. The first kappa shape index (κ1) is 9.88. The Labute approximate surface area is 86.7 Å². The summed E-state index contributed by atoms with van der Waals surface area (Å²) in [5.74, 6) is 0.969. The molecule has 1 saturated heterocycles. The number of piperidine rings is 1. The van der Waals surface area contributed by atoms with Gasteiger partial charge < -0.3 is 10.0 Å². The quantitative estimate of drug-likeness (QED) is 0.710. The number of nitrogens with zero attached hydrogens (tertiary/aromatic N) is 5. The Kier molecular flexibility index (Phi) is 2.53. The molecule has 1 amide bonds. The van der Waals surface area contributed by atoms with Gasteiger partial charge >= 0.3 is 6.09 Å². The van der Waals surface area contributed by atoms with Crippen molar-refractivity contribution in [3.8, 4) is 0 Å². The number of aryl methyl sites for hydroxylation is 1. The number of rotatable bonds is 1. The summed E-state index contributed by atoms with van der Waals surface area (Å²) in [6.45, 7) is 1.11. The molecule has 82 valence electrons. The summed E-state index contributed by atoms with van der Waals surface area (Å²) in [5, 5.41) is 20.6. The summed E-state index contributed by atoms with van der Waals surface area (Å²) in [7, 11) is 1.73. The number of tetrazole rings is 1. The van der Waals surface area contributed by atoms with Crippen LogP contribution >= 0.6 is 0 Å². The van der Waals surface area contributed by atoms with Gasteiger partial charge in [0.25, 0.3) is 0 Å². The normalized spacial score (nSPS) is 18.1. The Bertz CT molecular complexity index is 356. The zero-order valence-corrected chi connectivity index (χ0v) is 8.50. The Morgan fingerprint density at radius 3 is 2.60 bits per heavy atom. The Balaban J connectivity index is 1.96. The van der Waals surface area contributed by atoms with Crippen molar-refractivity contribution in [1.29, 1.82) is 0 Å². The van der Waals surface area contributed by atoms with Gasteiger partial charge in [-0.25, -0.2) is 4.79 Å². The van der Waals surface area contributed by atoms with Crippen LogP contribution in [0.1, 0.15) is 24.6 Å². The summed E-state index contributed by atoms with van der Waals surface area (Å²) in [4.78, 5) is 13.5. The lowest BCUT2D eigenvalue weighted by Crippen LogP contribution is -2.37. The molecule has 0 saturated carbocycles. The van der Waals surface area contributed by atoms with Crippen LogP contribution in [-0.4, -0.2) is 49.4 Å². The molecule has 1 aromatic heterocycles. The molecule has 1 aromatic rings. The molecule has 7 nitrogen and oxygen atoms in total. The van der Waals surface area contributed by atoms with Crippen molar-refractivity contribution in [3.63, 3.8) is 0 Å². The van der Waals surface area contributed by atoms with Gasteiger partial charge in [0.1, 0.15) is 0 Å². The first-order valence-corrected chi connectivity index (χ1v) is 4.88. The maximum Gasteiger partial charge on any atom is 0.407 e. The molecule has 2 heterocycles. The van der Waals surface area contributed by atoms with E-state index in [0.717, 1.165) is 18.7 Å². The molecule has 0 atom stereocenters. The molecule has 0 unspecified atom stereocenters. The van der Waals surface area contributed by atoms with E-state index in [1.807, 2.05) is 0 Å². The van der Waals surface area contributed by atoms with Crippen molar-refractivity contribution < 1.29 is 9.90 Å². The smallest absolute Gasteiger partial charge is 0.407 e. The fourth-order valence-corrected chi connectivity index (χ4v) is 1.79. The topological polar surface area (TPSA) is 84.1 Å². The van der Waals surface area contributed by atoms with Gasteiger partial charge in [-0.2, -0.15) is 4.80 Å². The second-order valence-electron chi connectivity index (χ2n) is 3.68. The molecular weight excluding hydrogens is 198 g/mol. The molecular formula is C8H13N5O2. The number of likely N-dealkylation sites (tertiary alicyclic amines) is 1. The van der Waals surface area contributed by atoms with Crippen molar-refractivity contribution in [2.75, 3.05) is 13.1 Å². The van der Waals surface area contributed by atoms with Crippen LogP contribution in [0, 0.1) is 0 Å². The van der Waals surface area contributed by atoms with E-state index in [1.165, 1.54) is 9.70 Å². The molecule has 0 radical (unpaired) electrons. The minimum absolute atomic E-state index is 0.245. The highest BCUT2D eigenvalue weighted by Crippen LogP contribution is 2.24. The van der Waals surface area contributed by atoms with Gasteiger partial charge in [0.15, 0.2) is 5.82 Å². The summed E-state index contributed by atoms with van der Waals surface area (Å²) in [6, 6.07) is 0. The van der Waals surface area contributed by atoms with Crippen molar-refractivity contribution in [2.45, 2.75) is 18.8 Å². The summed E-state index contributed by atoms with van der Waals surface area (Å²) >= 11 is 0. The van der Waals surface area contributed by atoms with Gasteiger partial charge in [0, 0.05) is 19.0 Å². The number of carbonyl (C=O) groups is 1. The van der Waals surface area contributed by atoms with Gasteiger partial charge in [-0.15, -0.1) is 10.2 Å². The first-order chi connectivity index (χ1) is 7.16. The van der Waals surface area contributed by atoms with Gasteiger partial charge in [-0.3, -0.25) is 0 Å². The zero-order valence-electron chi connectivity index (χ0n) is 8.50. The highest BCUT2D eigenvalue weighted by molar-refractivity contribution is 5.65. The van der Waals surface area contributed by atoms with Crippen LogP contribution in [0.15, 0.2) is 0 Å². The van der Waals surface area contributed by atoms with E-state index in [0.29, 0.717) is 13.1 Å². The third kappa shape index (κ3) is 2.05. The van der Waals surface area contributed by atoms with Crippen LogP contribution in [0.2, 0.25) is 0 Å². The van der Waals surface area contributed by atoms with Crippen LogP contribution in [0.3, 0.4) is 0 Å². The van der Waals surface area contributed by atoms with E-state index in [4.69, 9.17) is 5.11 Å². The summed E-state index contributed by atoms with van der Waals surface area (Å²) in [6.07, 6.45) is 0.705. The maximum absolute atomic E-state index is 10.7. The van der Waals surface area contributed by atoms with Gasteiger partial charge in [0.05, 0.1) is 7.05 Å². The third-order valence-electron chi connectivity index (χ3n) is 2.65. The Morgan fingerprint density at radius 2 is 2.13 bits per heavy atom. The van der Waals surface area contributed by atoms with E-state index < -0.39 is 6.09 Å². The molecule has 2 rings (SSSR count). The highest BCUT2D eigenvalue weighted by Gasteiger charge is 2.25. The molecule has 7 heteroatoms. The van der Waals surface area contributed by atoms with E-state index in [-0.39, 0.29) is 5.92 Å². The minimum Gasteiger partial charge on any atom is -0.465 e. The predicted molar refractivity (Wildman–Crippen MR) is 50.4 cm³/mol. The standard InChI is InChI=1S/C8H13N5O2/c1-12-10-7(9-11-12)6-2-4-13(5-3-6)8(14)15/h6H,2-5H2,1H3,(H,14,15). The third-order valence-corrected chi connectivity index (χ3v) is 2.65. The lowest BCUT2D eigenvalue weighted by molar-refractivity contribution is 0.131. The van der Waals surface area contributed by atoms with Crippen molar-refractivity contribution in [3.05, 3.63) is 5.82 Å². The Morgan fingerprint density at radius 1 is 1.47 bits per heavy atom. The maximum atomic E-state index is 10.7. The SMILES string of the molecule is Cn1nnc(C2CCN(C(=O)O)CC2)n1. The lowest BCUT2D eigenvalue weighted by atomic mass is 9.96. The first-order valence-electron chi connectivity index (χ1n) is 4.88. The van der Waals surface area contributed by atoms with Crippen LogP contribution in [-0.2, 0) is 7.05 Å². The molecule has 15 heavy (non-hydrogen) atoms. The van der Waals surface area contributed by atoms with Crippen LogP contribution in [0.5, 0.6) is 0 Å². The molecule has 0 aromatic carbocycles. The highest BCUT2D eigenvalue weighted by atomic mass is 16.4. The monoisotopic (exact) mass is 211 g/mol. The number of carboxylic acid groups (broad SMARTS) is 1. The molecule has 0 aliphatic carbocycles. The number of hydrogen-bond donors (Lipinski definition) is 1. The minimum atomic E-state index is -0.847. The average molecular weight is 211 g/mol.